The van der Waals surface area contributed by atoms with E-state index in [1.807, 2.05) is 24.3 Å². The van der Waals surface area contributed by atoms with Gasteiger partial charge in [0.1, 0.15) is 0 Å². The number of unbranched alkanes of at least 4 members (excludes halogenated alkanes) is 9. The van der Waals surface area contributed by atoms with Gasteiger partial charge in [-0.25, -0.2) is 13.1 Å². The van der Waals surface area contributed by atoms with Gasteiger partial charge in [0.25, 0.3) is 15.9 Å². The Kier molecular flexibility index (Phi) is 12.9. The fraction of sp³-hybridized carbons (Fsp3) is 0.344. The van der Waals surface area contributed by atoms with Crippen molar-refractivity contribution < 1.29 is 13.2 Å². The lowest BCUT2D eigenvalue weighted by atomic mass is 10.1. The van der Waals surface area contributed by atoms with Crippen molar-refractivity contribution in [2.45, 2.75) is 69.1 Å². The lowest BCUT2D eigenvalue weighted by molar-refractivity contribution is 0.0981. The van der Waals surface area contributed by atoms with Crippen molar-refractivity contribution in [1.29, 1.82) is 0 Å². The summed E-state index contributed by atoms with van der Waals surface area (Å²) < 4.78 is 26.8. The largest absolute Gasteiger partial charge is 0.385 e. The number of nitrogens with one attached hydrogen (secondary N) is 2. The maximum atomic E-state index is 12.4. The Morgan fingerprint density at radius 2 is 1.31 bits per heavy atom. The van der Waals surface area contributed by atoms with Crippen LogP contribution in [0.15, 0.2) is 83.8 Å². The Morgan fingerprint density at radius 3 is 1.95 bits per heavy atom. The van der Waals surface area contributed by atoms with Crippen LogP contribution in [-0.2, 0) is 10.0 Å². The quantitative estimate of drug-likeness (QED) is 0.146. The van der Waals surface area contributed by atoms with Crippen molar-refractivity contribution >= 4 is 33.2 Å². The van der Waals surface area contributed by atoms with Crippen molar-refractivity contribution in [1.82, 2.24) is 4.72 Å². The Balaban J connectivity index is 1.18. The number of amides is 1. The normalized spacial score (nSPS) is 10.9. The standard InChI is InChI=1S/C32H37ClN2O3S/c33-29-22-18-27(19-23-29)15-11-8-6-4-2-1-3-5-7-9-14-26-34-30-24-20-28(21-25-30)32(36)35-39(37,38)31-16-12-10-13-17-31/h10,12-13,16-25,34H,1-9,14,26H2,(H,35,36). The predicted octanol–water partition coefficient (Wildman–Crippen LogP) is 7.82. The van der Waals surface area contributed by atoms with Gasteiger partial charge in [-0.1, -0.05) is 86.6 Å². The number of sulfonamides is 1. The first-order valence-electron chi connectivity index (χ1n) is 13.6. The van der Waals surface area contributed by atoms with Gasteiger partial charge in [0.2, 0.25) is 0 Å². The van der Waals surface area contributed by atoms with Gasteiger partial charge in [0.05, 0.1) is 4.90 Å². The van der Waals surface area contributed by atoms with Crippen LogP contribution in [0.3, 0.4) is 0 Å². The molecule has 0 aliphatic carbocycles. The molecule has 0 radical (unpaired) electrons. The number of benzene rings is 3. The molecule has 0 aliphatic heterocycles. The van der Waals surface area contributed by atoms with Gasteiger partial charge in [-0.15, -0.1) is 0 Å². The van der Waals surface area contributed by atoms with Crippen molar-refractivity contribution in [3.63, 3.8) is 0 Å². The van der Waals surface area contributed by atoms with Gasteiger partial charge in [-0.2, -0.15) is 0 Å². The summed E-state index contributed by atoms with van der Waals surface area (Å²) in [6.07, 6.45) is 12.0. The third-order valence-electron chi connectivity index (χ3n) is 6.31. The van der Waals surface area contributed by atoms with Crippen LogP contribution in [0, 0.1) is 11.8 Å². The minimum absolute atomic E-state index is 0.0593. The Bertz CT molecular complexity index is 1310. The Labute approximate surface area is 238 Å². The van der Waals surface area contributed by atoms with Crippen LogP contribution >= 0.6 is 11.6 Å². The molecule has 0 atom stereocenters. The van der Waals surface area contributed by atoms with Crippen LogP contribution in [0.25, 0.3) is 0 Å². The average Bonchev–Trinajstić information content (AvgIpc) is 2.94. The molecule has 0 heterocycles. The smallest absolute Gasteiger partial charge is 0.264 e. The SMILES string of the molecule is O=C(NS(=O)(=O)c1ccccc1)c1ccc(NCCCCCCCCCCCC#Cc2ccc(Cl)cc2)cc1. The van der Waals surface area contributed by atoms with E-state index in [4.69, 9.17) is 11.6 Å². The molecule has 2 N–H and O–H groups in total. The zero-order chi connectivity index (χ0) is 27.8. The topological polar surface area (TPSA) is 75.3 Å². The second-order valence-electron chi connectivity index (χ2n) is 9.49. The Hall–Kier alpha value is -3.27. The van der Waals surface area contributed by atoms with Gasteiger partial charge in [0, 0.05) is 34.8 Å². The zero-order valence-corrected chi connectivity index (χ0v) is 23.9. The molecule has 39 heavy (non-hydrogen) atoms. The van der Waals surface area contributed by atoms with Crippen LogP contribution < -0.4 is 10.0 Å². The van der Waals surface area contributed by atoms with E-state index in [0.29, 0.717) is 5.56 Å². The highest BCUT2D eigenvalue weighted by Crippen LogP contribution is 2.14. The molecule has 3 aromatic carbocycles. The third-order valence-corrected chi connectivity index (χ3v) is 7.91. The van der Waals surface area contributed by atoms with E-state index in [2.05, 4.69) is 21.9 Å². The summed E-state index contributed by atoms with van der Waals surface area (Å²) in [5.74, 6) is 5.79. The number of hydrogen-bond acceptors (Lipinski definition) is 4. The van der Waals surface area contributed by atoms with E-state index in [1.165, 1.54) is 57.1 Å². The number of carbonyl (C=O) groups is 1. The summed E-state index contributed by atoms with van der Waals surface area (Å²) in [6.45, 7) is 0.866. The first kappa shape index (κ1) is 30.3. The highest BCUT2D eigenvalue weighted by molar-refractivity contribution is 7.90. The molecule has 206 valence electrons. The molecule has 3 rings (SSSR count). The van der Waals surface area contributed by atoms with Crippen molar-refractivity contribution in [3.05, 3.63) is 95.0 Å². The molecule has 0 aliphatic rings. The number of carbonyl (C=O) groups excluding carboxylic acids is 1. The molecule has 0 saturated heterocycles. The molecule has 0 fully saturated rings. The van der Waals surface area contributed by atoms with Gasteiger partial charge >= 0.3 is 0 Å². The molecule has 5 nitrogen and oxygen atoms in total. The summed E-state index contributed by atoms with van der Waals surface area (Å²) in [5, 5.41) is 4.11. The molecular weight excluding hydrogens is 528 g/mol. The van der Waals surface area contributed by atoms with E-state index in [0.717, 1.165) is 42.1 Å². The molecule has 3 aromatic rings. The minimum Gasteiger partial charge on any atom is -0.385 e. The summed E-state index contributed by atoms with van der Waals surface area (Å²) in [7, 11) is -3.89. The van der Waals surface area contributed by atoms with E-state index in [9.17, 15) is 13.2 Å². The lowest BCUT2D eigenvalue weighted by Gasteiger charge is -2.09. The third kappa shape index (κ3) is 11.6. The monoisotopic (exact) mass is 564 g/mol. The second kappa shape index (κ2) is 16.6. The predicted molar refractivity (Wildman–Crippen MR) is 161 cm³/mol. The minimum atomic E-state index is -3.89. The molecule has 0 unspecified atom stereocenters. The lowest BCUT2D eigenvalue weighted by Crippen LogP contribution is -2.30. The van der Waals surface area contributed by atoms with E-state index < -0.39 is 15.9 Å². The molecular formula is C32H37ClN2O3S. The number of rotatable bonds is 15. The summed E-state index contributed by atoms with van der Waals surface area (Å²) in [5.41, 5.74) is 2.23. The van der Waals surface area contributed by atoms with E-state index in [1.54, 1.807) is 42.5 Å². The van der Waals surface area contributed by atoms with Gasteiger partial charge in [-0.3, -0.25) is 4.79 Å². The van der Waals surface area contributed by atoms with Crippen molar-refractivity contribution in [2.75, 3.05) is 11.9 Å². The summed E-state index contributed by atoms with van der Waals surface area (Å²) in [4.78, 5) is 12.4. The van der Waals surface area contributed by atoms with Crippen LogP contribution in [-0.4, -0.2) is 20.9 Å². The van der Waals surface area contributed by atoms with Gasteiger partial charge < -0.3 is 5.32 Å². The first-order valence-corrected chi connectivity index (χ1v) is 15.5. The van der Waals surface area contributed by atoms with E-state index in [-0.39, 0.29) is 4.90 Å². The van der Waals surface area contributed by atoms with Gasteiger partial charge in [-0.05, 0) is 73.5 Å². The Morgan fingerprint density at radius 1 is 0.718 bits per heavy atom. The van der Waals surface area contributed by atoms with Crippen LogP contribution in [0.4, 0.5) is 5.69 Å². The fourth-order valence-electron chi connectivity index (χ4n) is 4.09. The molecule has 0 aromatic heterocycles. The maximum Gasteiger partial charge on any atom is 0.264 e. The number of anilines is 1. The fourth-order valence-corrected chi connectivity index (χ4v) is 5.21. The molecule has 0 bridgehead atoms. The zero-order valence-electron chi connectivity index (χ0n) is 22.3. The molecule has 0 spiro atoms. The number of hydrogen-bond donors (Lipinski definition) is 2. The van der Waals surface area contributed by atoms with Crippen LogP contribution in [0.2, 0.25) is 5.02 Å². The van der Waals surface area contributed by atoms with Crippen LogP contribution in [0.5, 0.6) is 0 Å². The average molecular weight is 565 g/mol. The molecule has 1 amide bonds. The second-order valence-corrected chi connectivity index (χ2v) is 11.6. The number of halogens is 1. The van der Waals surface area contributed by atoms with E-state index >= 15 is 0 Å². The van der Waals surface area contributed by atoms with Gasteiger partial charge in [0.15, 0.2) is 0 Å². The highest BCUT2D eigenvalue weighted by atomic mass is 35.5. The van der Waals surface area contributed by atoms with Crippen LogP contribution in [0.1, 0.15) is 80.1 Å². The van der Waals surface area contributed by atoms with Crippen molar-refractivity contribution in [2.24, 2.45) is 0 Å². The molecule has 7 heteroatoms. The maximum absolute atomic E-state index is 12.4. The van der Waals surface area contributed by atoms with Crippen molar-refractivity contribution in [3.8, 4) is 11.8 Å². The summed E-state index contributed by atoms with van der Waals surface area (Å²) >= 11 is 5.89. The first-order chi connectivity index (χ1) is 18.9. The molecule has 0 saturated carbocycles. The highest BCUT2D eigenvalue weighted by Gasteiger charge is 2.18. The summed E-state index contributed by atoms with van der Waals surface area (Å²) in [6, 6.07) is 22.4.